The summed E-state index contributed by atoms with van der Waals surface area (Å²) in [6.45, 7) is -3.03. The minimum absolute atomic E-state index is 0.123. The van der Waals surface area contributed by atoms with Gasteiger partial charge in [0.05, 0.1) is 9.40 Å². The number of halogens is 4. The first-order valence-corrected chi connectivity index (χ1v) is 5.09. The van der Waals surface area contributed by atoms with E-state index in [-0.39, 0.29) is 20.4 Å². The van der Waals surface area contributed by atoms with E-state index in [0.717, 1.165) is 0 Å². The Kier molecular flexibility index (Phi) is 3.97. The normalized spacial score (nSPS) is 10.5. The van der Waals surface area contributed by atoms with Crippen molar-refractivity contribution in [2.24, 2.45) is 0 Å². The van der Waals surface area contributed by atoms with E-state index in [1.165, 1.54) is 12.1 Å². The summed E-state index contributed by atoms with van der Waals surface area (Å²) in [6, 6.07) is 2.47. The largest absolute Gasteiger partial charge is 0.433 e. The Morgan fingerprint density at radius 1 is 1.40 bits per heavy atom. The highest BCUT2D eigenvalue weighted by Crippen LogP contribution is 2.39. The van der Waals surface area contributed by atoms with Gasteiger partial charge in [-0.1, -0.05) is 0 Å². The molecule has 4 nitrogen and oxygen atoms in total. The summed E-state index contributed by atoms with van der Waals surface area (Å²) in [5.41, 5.74) is -0.354. The summed E-state index contributed by atoms with van der Waals surface area (Å²) in [4.78, 5) is 9.88. The molecule has 0 saturated heterocycles. The SMILES string of the molecule is O=[N+]([O-])c1c(Br)ccc(OC(F)F)c1Br. The smallest absolute Gasteiger partial charge is 0.387 e. The van der Waals surface area contributed by atoms with Crippen LogP contribution in [0.3, 0.4) is 0 Å². The van der Waals surface area contributed by atoms with Gasteiger partial charge in [0.1, 0.15) is 10.2 Å². The summed E-state index contributed by atoms with van der Waals surface area (Å²) in [5.74, 6) is -0.278. The van der Waals surface area contributed by atoms with Crippen LogP contribution in [0.5, 0.6) is 5.75 Å². The first-order chi connectivity index (χ1) is 6.93. The fourth-order valence-electron chi connectivity index (χ4n) is 0.877. The molecule has 15 heavy (non-hydrogen) atoms. The molecule has 0 bridgehead atoms. The molecule has 82 valence electrons. The molecule has 0 N–H and O–H groups in total. The van der Waals surface area contributed by atoms with Crippen molar-refractivity contribution in [1.29, 1.82) is 0 Å². The quantitative estimate of drug-likeness (QED) is 0.619. The Hall–Kier alpha value is -0.760. The lowest BCUT2D eigenvalue weighted by atomic mass is 10.3. The van der Waals surface area contributed by atoms with Gasteiger partial charge in [-0.3, -0.25) is 10.1 Å². The van der Waals surface area contributed by atoms with Gasteiger partial charge in [-0.05, 0) is 44.0 Å². The zero-order valence-electron chi connectivity index (χ0n) is 6.92. The summed E-state index contributed by atoms with van der Waals surface area (Å²) in [6.07, 6.45) is 0. The fraction of sp³-hybridized carbons (Fsp3) is 0.143. The van der Waals surface area contributed by atoms with E-state index in [9.17, 15) is 18.9 Å². The lowest BCUT2D eigenvalue weighted by Crippen LogP contribution is -2.03. The van der Waals surface area contributed by atoms with Crippen molar-refractivity contribution < 1.29 is 18.4 Å². The molecule has 0 aliphatic heterocycles. The minimum Gasteiger partial charge on any atom is -0.433 e. The van der Waals surface area contributed by atoms with Crippen molar-refractivity contribution in [2.45, 2.75) is 6.61 Å². The third-order valence-corrected chi connectivity index (χ3v) is 2.84. The molecule has 1 rings (SSSR count). The van der Waals surface area contributed by atoms with Gasteiger partial charge in [0, 0.05) is 0 Å². The molecule has 0 amide bonds. The van der Waals surface area contributed by atoms with Crippen LogP contribution in [-0.4, -0.2) is 11.5 Å². The molecular weight excluding hydrogens is 344 g/mol. The second kappa shape index (κ2) is 4.84. The average molecular weight is 347 g/mol. The molecule has 0 aliphatic carbocycles. The molecule has 8 heteroatoms. The van der Waals surface area contributed by atoms with E-state index in [2.05, 4.69) is 36.6 Å². The number of nitrogens with zero attached hydrogens (tertiary/aromatic N) is 1. The Balaban J connectivity index is 3.22. The predicted molar refractivity (Wildman–Crippen MR) is 55.1 cm³/mol. The van der Waals surface area contributed by atoms with Crippen molar-refractivity contribution >= 4 is 37.5 Å². The van der Waals surface area contributed by atoms with Gasteiger partial charge in [-0.25, -0.2) is 0 Å². The summed E-state index contributed by atoms with van der Waals surface area (Å²) >= 11 is 5.76. The van der Waals surface area contributed by atoms with Crippen LogP contribution in [-0.2, 0) is 0 Å². The maximum absolute atomic E-state index is 11.9. The molecule has 0 unspecified atom stereocenters. The Morgan fingerprint density at radius 2 is 2.00 bits per heavy atom. The maximum Gasteiger partial charge on any atom is 0.387 e. The van der Waals surface area contributed by atoms with Crippen LogP contribution in [0.4, 0.5) is 14.5 Å². The molecule has 0 saturated carbocycles. The number of ether oxygens (including phenoxy) is 1. The van der Waals surface area contributed by atoms with Crippen molar-refractivity contribution in [1.82, 2.24) is 0 Å². The van der Waals surface area contributed by atoms with E-state index >= 15 is 0 Å². The van der Waals surface area contributed by atoms with E-state index < -0.39 is 11.5 Å². The highest BCUT2D eigenvalue weighted by atomic mass is 79.9. The number of rotatable bonds is 3. The summed E-state index contributed by atoms with van der Waals surface area (Å²) in [7, 11) is 0. The third-order valence-electron chi connectivity index (χ3n) is 1.43. The number of nitro groups is 1. The Bertz CT molecular complexity index is 400. The number of nitro benzene ring substituents is 1. The van der Waals surface area contributed by atoms with Crippen LogP contribution < -0.4 is 4.74 Å². The van der Waals surface area contributed by atoms with Gasteiger partial charge in [0.15, 0.2) is 0 Å². The average Bonchev–Trinajstić information content (AvgIpc) is 2.09. The van der Waals surface area contributed by atoms with Crippen molar-refractivity contribution in [3.8, 4) is 5.75 Å². The second-order valence-corrected chi connectivity index (χ2v) is 3.99. The standard InChI is InChI=1S/C7H3Br2F2NO3/c8-3-1-2-4(15-7(10)11)5(9)6(3)12(13)14/h1-2,7H. The topological polar surface area (TPSA) is 52.4 Å². The fourth-order valence-corrected chi connectivity index (χ4v) is 2.20. The number of hydrogen-bond donors (Lipinski definition) is 0. The van der Waals surface area contributed by atoms with E-state index in [0.29, 0.717) is 0 Å². The molecular formula is C7H3Br2F2NO3. The Labute approximate surface area is 99.6 Å². The minimum atomic E-state index is -3.03. The summed E-state index contributed by atoms with van der Waals surface area (Å²) in [5, 5.41) is 10.6. The van der Waals surface area contributed by atoms with E-state index in [1.54, 1.807) is 0 Å². The van der Waals surface area contributed by atoms with Crippen LogP contribution in [0.2, 0.25) is 0 Å². The number of benzene rings is 1. The number of hydrogen-bond acceptors (Lipinski definition) is 3. The van der Waals surface area contributed by atoms with Crippen LogP contribution >= 0.6 is 31.9 Å². The zero-order valence-corrected chi connectivity index (χ0v) is 10.1. The van der Waals surface area contributed by atoms with Gasteiger partial charge >= 0.3 is 12.3 Å². The van der Waals surface area contributed by atoms with E-state index in [1.807, 2.05) is 0 Å². The van der Waals surface area contributed by atoms with Gasteiger partial charge in [0.2, 0.25) is 0 Å². The molecule has 0 fully saturated rings. The first-order valence-electron chi connectivity index (χ1n) is 3.50. The van der Waals surface area contributed by atoms with Crippen LogP contribution in [0.1, 0.15) is 0 Å². The monoisotopic (exact) mass is 345 g/mol. The Morgan fingerprint density at radius 3 is 2.47 bits per heavy atom. The van der Waals surface area contributed by atoms with Gasteiger partial charge in [-0.15, -0.1) is 0 Å². The van der Waals surface area contributed by atoms with Gasteiger partial charge in [-0.2, -0.15) is 8.78 Å². The van der Waals surface area contributed by atoms with E-state index in [4.69, 9.17) is 0 Å². The molecule has 0 atom stereocenters. The van der Waals surface area contributed by atoms with Crippen molar-refractivity contribution in [3.63, 3.8) is 0 Å². The summed E-state index contributed by atoms with van der Waals surface area (Å²) < 4.78 is 28.0. The molecule has 1 aromatic rings. The molecule has 1 aromatic carbocycles. The van der Waals surface area contributed by atoms with Gasteiger partial charge < -0.3 is 4.74 Å². The highest BCUT2D eigenvalue weighted by molar-refractivity contribution is 9.11. The molecule has 0 radical (unpaired) electrons. The second-order valence-electron chi connectivity index (χ2n) is 2.34. The molecule has 0 aromatic heterocycles. The highest BCUT2D eigenvalue weighted by Gasteiger charge is 2.22. The van der Waals surface area contributed by atoms with Crippen molar-refractivity contribution in [2.75, 3.05) is 0 Å². The van der Waals surface area contributed by atoms with Crippen LogP contribution in [0.25, 0.3) is 0 Å². The van der Waals surface area contributed by atoms with Crippen LogP contribution in [0, 0.1) is 10.1 Å². The van der Waals surface area contributed by atoms with Crippen molar-refractivity contribution in [3.05, 3.63) is 31.2 Å². The lowest BCUT2D eigenvalue weighted by Gasteiger charge is -2.07. The third kappa shape index (κ3) is 2.85. The predicted octanol–water partition coefficient (Wildman–Crippen LogP) is 3.72. The molecule has 0 aliphatic rings. The zero-order chi connectivity index (χ0) is 11.6. The van der Waals surface area contributed by atoms with Crippen LogP contribution in [0.15, 0.2) is 21.1 Å². The number of alkyl halides is 2. The first kappa shape index (κ1) is 12.3. The molecule has 0 spiro atoms. The lowest BCUT2D eigenvalue weighted by molar-refractivity contribution is -0.386. The maximum atomic E-state index is 11.9. The molecule has 0 heterocycles. The van der Waals surface area contributed by atoms with Gasteiger partial charge in [0.25, 0.3) is 0 Å².